The van der Waals surface area contributed by atoms with Crippen LogP contribution >= 0.6 is 22.9 Å². The van der Waals surface area contributed by atoms with Crippen LogP contribution in [0.15, 0.2) is 30.5 Å². The summed E-state index contributed by atoms with van der Waals surface area (Å²) in [6.07, 6.45) is 1.76. The van der Waals surface area contributed by atoms with Gasteiger partial charge in [0.1, 0.15) is 6.61 Å². The average Bonchev–Trinajstić information content (AvgIpc) is 3.07. The molecule has 8 heteroatoms. The Kier molecular flexibility index (Phi) is 4.37. The molecule has 0 radical (unpaired) electrons. The van der Waals surface area contributed by atoms with Gasteiger partial charge in [-0.15, -0.1) is 5.10 Å². The van der Waals surface area contributed by atoms with Gasteiger partial charge in [-0.25, -0.2) is 14.3 Å². The van der Waals surface area contributed by atoms with Crippen molar-refractivity contribution in [2.75, 3.05) is 20.3 Å². The fourth-order valence-electron chi connectivity index (χ4n) is 1.82. The lowest BCUT2D eigenvalue weighted by molar-refractivity contribution is 0.0386. The SMILES string of the molecule is COCCOC(=O)c1nn2cc(-c3ccc(Cl)cc3)nc2s1. The van der Waals surface area contributed by atoms with Gasteiger partial charge in [-0.05, 0) is 12.1 Å². The van der Waals surface area contributed by atoms with Gasteiger partial charge in [0.05, 0.1) is 18.5 Å². The molecule has 0 aliphatic heterocycles. The van der Waals surface area contributed by atoms with Crippen molar-refractivity contribution in [3.8, 4) is 11.3 Å². The summed E-state index contributed by atoms with van der Waals surface area (Å²) in [5.74, 6) is -0.472. The molecule has 0 spiro atoms. The van der Waals surface area contributed by atoms with Crippen molar-refractivity contribution in [2.45, 2.75) is 0 Å². The van der Waals surface area contributed by atoms with Crippen LogP contribution in [0.1, 0.15) is 9.80 Å². The fourth-order valence-corrected chi connectivity index (χ4v) is 2.72. The molecule has 0 aliphatic rings. The third kappa shape index (κ3) is 3.11. The van der Waals surface area contributed by atoms with Crippen LogP contribution in [0.3, 0.4) is 0 Å². The van der Waals surface area contributed by atoms with E-state index in [0.717, 1.165) is 11.3 Å². The molecule has 22 heavy (non-hydrogen) atoms. The van der Waals surface area contributed by atoms with Gasteiger partial charge >= 0.3 is 5.97 Å². The first kappa shape index (κ1) is 15.0. The molecule has 1 aromatic carbocycles. The second-order valence-electron chi connectivity index (χ2n) is 4.40. The summed E-state index contributed by atoms with van der Waals surface area (Å²) >= 11 is 7.05. The number of carbonyl (C=O) groups excluding carboxylic acids is 1. The lowest BCUT2D eigenvalue weighted by Crippen LogP contribution is -2.09. The number of benzene rings is 1. The number of hydrogen-bond donors (Lipinski definition) is 0. The number of halogens is 1. The molecule has 2 aromatic heterocycles. The Balaban J connectivity index is 1.80. The van der Waals surface area contributed by atoms with E-state index in [4.69, 9.17) is 21.1 Å². The van der Waals surface area contributed by atoms with E-state index in [0.29, 0.717) is 16.6 Å². The zero-order valence-electron chi connectivity index (χ0n) is 11.7. The van der Waals surface area contributed by atoms with Crippen LogP contribution in [0.2, 0.25) is 5.02 Å². The smallest absolute Gasteiger partial charge is 0.369 e. The summed E-state index contributed by atoms with van der Waals surface area (Å²) in [4.78, 5) is 16.9. The van der Waals surface area contributed by atoms with E-state index < -0.39 is 5.97 Å². The Bertz CT molecular complexity index is 766. The molecule has 3 rings (SSSR count). The van der Waals surface area contributed by atoms with Crippen molar-refractivity contribution in [2.24, 2.45) is 0 Å². The minimum atomic E-state index is -0.472. The predicted octanol–water partition coefficient (Wildman–Crippen LogP) is 2.91. The Morgan fingerprint density at radius 2 is 2.09 bits per heavy atom. The summed E-state index contributed by atoms with van der Waals surface area (Å²) in [7, 11) is 1.55. The number of esters is 1. The van der Waals surface area contributed by atoms with E-state index in [2.05, 4.69) is 10.1 Å². The van der Waals surface area contributed by atoms with Gasteiger partial charge in [0.2, 0.25) is 9.97 Å². The van der Waals surface area contributed by atoms with E-state index in [1.54, 1.807) is 30.0 Å². The molecule has 114 valence electrons. The highest BCUT2D eigenvalue weighted by Gasteiger charge is 2.16. The van der Waals surface area contributed by atoms with Crippen LogP contribution in [0.4, 0.5) is 0 Å². The molecule has 0 unspecified atom stereocenters. The van der Waals surface area contributed by atoms with E-state index in [-0.39, 0.29) is 11.6 Å². The number of rotatable bonds is 5. The zero-order valence-corrected chi connectivity index (χ0v) is 13.2. The van der Waals surface area contributed by atoms with Crippen molar-refractivity contribution >= 4 is 33.9 Å². The number of imidazole rings is 1. The molecule has 3 aromatic rings. The number of ether oxygens (including phenoxy) is 2. The number of nitrogens with zero attached hydrogens (tertiary/aromatic N) is 3. The monoisotopic (exact) mass is 337 g/mol. The summed E-state index contributed by atoms with van der Waals surface area (Å²) < 4.78 is 11.4. The van der Waals surface area contributed by atoms with Gasteiger partial charge in [-0.3, -0.25) is 0 Å². The minimum absolute atomic E-state index is 0.202. The maximum Gasteiger partial charge on any atom is 0.369 e. The minimum Gasteiger partial charge on any atom is -0.458 e. The third-order valence-corrected chi connectivity index (χ3v) is 4.03. The Morgan fingerprint density at radius 3 is 2.77 bits per heavy atom. The van der Waals surface area contributed by atoms with Gasteiger partial charge in [-0.2, -0.15) is 0 Å². The molecule has 0 aliphatic carbocycles. The molecular formula is C14H12ClN3O3S. The summed E-state index contributed by atoms with van der Waals surface area (Å²) in [6.45, 7) is 0.558. The van der Waals surface area contributed by atoms with Crippen LogP contribution in [-0.4, -0.2) is 40.9 Å². The van der Waals surface area contributed by atoms with Gasteiger partial charge in [-0.1, -0.05) is 35.1 Å². The number of aromatic nitrogens is 3. The highest BCUT2D eigenvalue weighted by molar-refractivity contribution is 7.18. The van der Waals surface area contributed by atoms with Crippen LogP contribution in [0, 0.1) is 0 Å². The standard InChI is InChI=1S/C14H12ClN3O3S/c1-20-6-7-21-13(19)12-17-18-8-11(16-14(18)22-12)9-2-4-10(15)5-3-9/h2-5,8H,6-7H2,1H3. The predicted molar refractivity (Wildman–Crippen MR) is 83.5 cm³/mol. The van der Waals surface area contributed by atoms with E-state index in [1.807, 2.05) is 12.1 Å². The first-order valence-corrected chi connectivity index (χ1v) is 7.65. The molecule has 0 bridgehead atoms. The van der Waals surface area contributed by atoms with Crippen molar-refractivity contribution in [1.82, 2.24) is 14.6 Å². The summed E-state index contributed by atoms with van der Waals surface area (Å²) in [5.41, 5.74) is 1.71. The lowest BCUT2D eigenvalue weighted by Gasteiger charge is -2.00. The largest absolute Gasteiger partial charge is 0.458 e. The highest BCUT2D eigenvalue weighted by Crippen LogP contribution is 2.23. The van der Waals surface area contributed by atoms with E-state index in [1.165, 1.54) is 11.3 Å². The number of carbonyl (C=O) groups is 1. The zero-order chi connectivity index (χ0) is 15.5. The molecular weight excluding hydrogens is 326 g/mol. The Morgan fingerprint density at radius 1 is 1.32 bits per heavy atom. The number of methoxy groups -OCH3 is 1. The number of hydrogen-bond acceptors (Lipinski definition) is 6. The quantitative estimate of drug-likeness (QED) is 0.529. The molecule has 2 heterocycles. The molecule has 6 nitrogen and oxygen atoms in total. The summed E-state index contributed by atoms with van der Waals surface area (Å²) in [5, 5.41) is 5.12. The molecule has 0 fully saturated rings. The van der Waals surface area contributed by atoms with E-state index in [9.17, 15) is 4.79 Å². The number of fused-ring (bicyclic) bond motifs is 1. The Hall–Kier alpha value is -1.96. The van der Waals surface area contributed by atoms with Crippen LogP contribution in [0.25, 0.3) is 16.2 Å². The fraction of sp³-hybridized carbons (Fsp3) is 0.214. The third-order valence-electron chi connectivity index (χ3n) is 2.88. The summed E-state index contributed by atoms with van der Waals surface area (Å²) in [6, 6.07) is 7.37. The first-order valence-electron chi connectivity index (χ1n) is 6.45. The first-order chi connectivity index (χ1) is 10.7. The molecule has 0 saturated heterocycles. The van der Waals surface area contributed by atoms with Crippen molar-refractivity contribution < 1.29 is 14.3 Å². The Labute approximate surface area is 135 Å². The van der Waals surface area contributed by atoms with Gasteiger partial charge in [0.25, 0.3) is 0 Å². The molecule has 0 amide bonds. The topological polar surface area (TPSA) is 65.7 Å². The molecule has 0 saturated carbocycles. The molecule has 0 N–H and O–H groups in total. The second-order valence-corrected chi connectivity index (χ2v) is 5.79. The molecule has 0 atom stereocenters. The average molecular weight is 338 g/mol. The van der Waals surface area contributed by atoms with Gasteiger partial charge < -0.3 is 9.47 Å². The second kappa shape index (κ2) is 6.43. The lowest BCUT2D eigenvalue weighted by atomic mass is 10.2. The van der Waals surface area contributed by atoms with Crippen LogP contribution in [0.5, 0.6) is 0 Å². The van der Waals surface area contributed by atoms with Crippen molar-refractivity contribution in [1.29, 1.82) is 0 Å². The van der Waals surface area contributed by atoms with Gasteiger partial charge in [0.15, 0.2) is 0 Å². The highest BCUT2D eigenvalue weighted by atomic mass is 35.5. The van der Waals surface area contributed by atoms with Crippen molar-refractivity contribution in [3.05, 3.63) is 40.5 Å². The van der Waals surface area contributed by atoms with E-state index >= 15 is 0 Å². The van der Waals surface area contributed by atoms with Crippen LogP contribution in [-0.2, 0) is 9.47 Å². The maximum atomic E-state index is 11.8. The maximum absolute atomic E-state index is 11.8. The van der Waals surface area contributed by atoms with Crippen molar-refractivity contribution in [3.63, 3.8) is 0 Å². The normalized spacial score (nSPS) is 11.0. The van der Waals surface area contributed by atoms with Crippen LogP contribution < -0.4 is 0 Å². The van der Waals surface area contributed by atoms with Gasteiger partial charge in [0, 0.05) is 17.7 Å².